The predicted molar refractivity (Wildman–Crippen MR) is 53.1 cm³/mol. The summed E-state index contributed by atoms with van der Waals surface area (Å²) in [6.45, 7) is 0. The Hall–Kier alpha value is -1.34. The summed E-state index contributed by atoms with van der Waals surface area (Å²) in [6.07, 6.45) is 2.06. The second-order valence-electron chi connectivity index (χ2n) is 2.70. The average molecular weight is 236 g/mol. The third-order valence-corrected chi connectivity index (χ3v) is 2.60. The molecule has 4 heteroatoms. The molecule has 2 aromatic rings. The van der Waals surface area contributed by atoms with Gasteiger partial charge < -0.3 is 4.98 Å². The van der Waals surface area contributed by atoms with Crippen molar-refractivity contribution in [2.75, 3.05) is 0 Å². The number of nitrogens with one attached hydrogen (secondary N) is 1. The standard InChI is InChI=1S/C9H6BrN3/c10-7-4-9-8(12-5-13-9)3-6(7)1-2-11/h3-5H,1H2,(H,12,13). The first-order valence-corrected chi connectivity index (χ1v) is 4.59. The molecular weight excluding hydrogens is 230 g/mol. The molecule has 64 valence electrons. The Labute approximate surface area is 83.5 Å². The van der Waals surface area contributed by atoms with E-state index in [2.05, 4.69) is 32.0 Å². The summed E-state index contributed by atoms with van der Waals surface area (Å²) in [7, 11) is 0. The highest BCUT2D eigenvalue weighted by Crippen LogP contribution is 2.22. The predicted octanol–water partition coefficient (Wildman–Crippen LogP) is 2.39. The molecule has 0 spiro atoms. The molecule has 3 nitrogen and oxygen atoms in total. The quantitative estimate of drug-likeness (QED) is 0.826. The molecule has 0 saturated heterocycles. The van der Waals surface area contributed by atoms with E-state index in [1.807, 2.05) is 12.1 Å². The number of hydrogen-bond donors (Lipinski definition) is 1. The van der Waals surface area contributed by atoms with Crippen molar-refractivity contribution in [3.63, 3.8) is 0 Å². The largest absolute Gasteiger partial charge is 0.345 e. The van der Waals surface area contributed by atoms with Crippen molar-refractivity contribution >= 4 is 27.0 Å². The van der Waals surface area contributed by atoms with Crippen molar-refractivity contribution in [3.8, 4) is 6.07 Å². The van der Waals surface area contributed by atoms with Gasteiger partial charge in [0.15, 0.2) is 0 Å². The van der Waals surface area contributed by atoms with Crippen molar-refractivity contribution in [2.24, 2.45) is 0 Å². The molecule has 0 fully saturated rings. The minimum absolute atomic E-state index is 0.412. The third kappa shape index (κ3) is 1.43. The van der Waals surface area contributed by atoms with Crippen LogP contribution in [0.15, 0.2) is 22.9 Å². The van der Waals surface area contributed by atoms with E-state index < -0.39 is 0 Å². The second kappa shape index (κ2) is 3.19. The van der Waals surface area contributed by atoms with Crippen molar-refractivity contribution in [1.29, 1.82) is 5.26 Å². The van der Waals surface area contributed by atoms with Gasteiger partial charge in [-0.05, 0) is 17.7 Å². The second-order valence-corrected chi connectivity index (χ2v) is 3.55. The molecule has 2 rings (SSSR count). The number of rotatable bonds is 1. The lowest BCUT2D eigenvalue weighted by Crippen LogP contribution is -1.84. The number of fused-ring (bicyclic) bond motifs is 1. The number of nitriles is 1. The fraction of sp³-hybridized carbons (Fsp3) is 0.111. The molecule has 0 saturated carbocycles. The van der Waals surface area contributed by atoms with Crippen LogP contribution in [0.25, 0.3) is 11.0 Å². The first-order valence-electron chi connectivity index (χ1n) is 3.79. The molecule has 0 unspecified atom stereocenters. The average Bonchev–Trinajstić information content (AvgIpc) is 2.52. The van der Waals surface area contributed by atoms with Gasteiger partial charge in [0.2, 0.25) is 0 Å². The monoisotopic (exact) mass is 235 g/mol. The van der Waals surface area contributed by atoms with Gasteiger partial charge in [0.1, 0.15) is 0 Å². The van der Waals surface area contributed by atoms with Gasteiger partial charge in [0.05, 0.1) is 29.9 Å². The maximum Gasteiger partial charge on any atom is 0.0931 e. The number of hydrogen-bond acceptors (Lipinski definition) is 2. The van der Waals surface area contributed by atoms with Crippen LogP contribution in [0.2, 0.25) is 0 Å². The summed E-state index contributed by atoms with van der Waals surface area (Å²) < 4.78 is 0.939. The van der Waals surface area contributed by atoms with Gasteiger partial charge in [0, 0.05) is 4.47 Å². The van der Waals surface area contributed by atoms with E-state index in [4.69, 9.17) is 5.26 Å². The van der Waals surface area contributed by atoms with E-state index in [1.54, 1.807) is 6.33 Å². The smallest absolute Gasteiger partial charge is 0.0931 e. The summed E-state index contributed by atoms with van der Waals surface area (Å²) in [6, 6.07) is 5.97. The van der Waals surface area contributed by atoms with Crippen LogP contribution >= 0.6 is 15.9 Å². The molecular formula is C9H6BrN3. The van der Waals surface area contributed by atoms with Gasteiger partial charge in [-0.15, -0.1) is 0 Å². The highest BCUT2D eigenvalue weighted by molar-refractivity contribution is 9.10. The molecule has 0 aliphatic rings. The van der Waals surface area contributed by atoms with Crippen LogP contribution in [0, 0.1) is 11.3 Å². The molecule has 1 N–H and O–H groups in total. The van der Waals surface area contributed by atoms with Crippen LogP contribution < -0.4 is 0 Å². The van der Waals surface area contributed by atoms with Gasteiger partial charge in [-0.3, -0.25) is 0 Å². The van der Waals surface area contributed by atoms with E-state index >= 15 is 0 Å². The van der Waals surface area contributed by atoms with Gasteiger partial charge >= 0.3 is 0 Å². The fourth-order valence-electron chi connectivity index (χ4n) is 1.22. The summed E-state index contributed by atoms with van der Waals surface area (Å²) in [4.78, 5) is 7.12. The molecule has 13 heavy (non-hydrogen) atoms. The van der Waals surface area contributed by atoms with E-state index in [-0.39, 0.29) is 0 Å². The zero-order chi connectivity index (χ0) is 9.26. The molecule has 0 atom stereocenters. The minimum Gasteiger partial charge on any atom is -0.345 e. The minimum atomic E-state index is 0.412. The Morgan fingerprint density at radius 1 is 1.54 bits per heavy atom. The summed E-state index contributed by atoms with van der Waals surface area (Å²) in [5.41, 5.74) is 2.86. The number of imidazole rings is 1. The summed E-state index contributed by atoms with van der Waals surface area (Å²) >= 11 is 3.40. The zero-order valence-electron chi connectivity index (χ0n) is 6.71. The first-order chi connectivity index (χ1) is 6.31. The topological polar surface area (TPSA) is 52.5 Å². The highest BCUT2D eigenvalue weighted by atomic mass is 79.9. The lowest BCUT2D eigenvalue weighted by molar-refractivity contribution is 1.25. The summed E-state index contributed by atoms with van der Waals surface area (Å²) in [5, 5.41) is 8.57. The van der Waals surface area contributed by atoms with Gasteiger partial charge in [-0.25, -0.2) is 4.98 Å². The van der Waals surface area contributed by atoms with E-state index in [0.717, 1.165) is 21.1 Å². The molecule has 0 radical (unpaired) electrons. The van der Waals surface area contributed by atoms with Crippen molar-refractivity contribution in [2.45, 2.75) is 6.42 Å². The Balaban J connectivity index is 2.64. The maximum atomic E-state index is 8.57. The Kier molecular flexibility index (Phi) is 2.03. The molecule has 0 aliphatic carbocycles. The SMILES string of the molecule is N#CCc1cc2[nH]cnc2cc1Br. The molecule has 1 aromatic heterocycles. The number of H-pyrrole nitrogens is 1. The van der Waals surface area contributed by atoms with Crippen LogP contribution in [-0.2, 0) is 6.42 Å². The first kappa shape index (κ1) is 8.27. The number of nitrogens with zero attached hydrogens (tertiary/aromatic N) is 2. The van der Waals surface area contributed by atoms with E-state index in [0.29, 0.717) is 6.42 Å². The Morgan fingerprint density at radius 2 is 2.38 bits per heavy atom. The maximum absolute atomic E-state index is 8.57. The lowest BCUT2D eigenvalue weighted by Gasteiger charge is -1.98. The Bertz CT molecular complexity index is 481. The number of halogens is 1. The molecule has 0 bridgehead atoms. The van der Waals surface area contributed by atoms with Gasteiger partial charge in [0.25, 0.3) is 0 Å². The molecule has 1 aromatic carbocycles. The number of aromatic nitrogens is 2. The molecule has 0 amide bonds. The van der Waals surface area contributed by atoms with Crippen molar-refractivity contribution in [3.05, 3.63) is 28.5 Å². The van der Waals surface area contributed by atoms with Crippen LogP contribution in [0.5, 0.6) is 0 Å². The normalized spacial score (nSPS) is 10.2. The third-order valence-electron chi connectivity index (χ3n) is 1.86. The van der Waals surface area contributed by atoms with Crippen LogP contribution in [0.3, 0.4) is 0 Å². The van der Waals surface area contributed by atoms with Crippen LogP contribution in [0.1, 0.15) is 5.56 Å². The van der Waals surface area contributed by atoms with Crippen molar-refractivity contribution in [1.82, 2.24) is 9.97 Å². The van der Waals surface area contributed by atoms with E-state index in [1.165, 1.54) is 0 Å². The fourth-order valence-corrected chi connectivity index (χ4v) is 1.69. The van der Waals surface area contributed by atoms with Crippen molar-refractivity contribution < 1.29 is 0 Å². The Morgan fingerprint density at radius 3 is 3.15 bits per heavy atom. The highest BCUT2D eigenvalue weighted by Gasteiger charge is 2.03. The lowest BCUT2D eigenvalue weighted by atomic mass is 10.1. The van der Waals surface area contributed by atoms with Crippen LogP contribution in [0.4, 0.5) is 0 Å². The summed E-state index contributed by atoms with van der Waals surface area (Å²) in [5.74, 6) is 0. The van der Waals surface area contributed by atoms with Crippen LogP contribution in [-0.4, -0.2) is 9.97 Å². The zero-order valence-corrected chi connectivity index (χ0v) is 8.30. The molecule has 0 aliphatic heterocycles. The number of benzene rings is 1. The van der Waals surface area contributed by atoms with Gasteiger partial charge in [-0.2, -0.15) is 5.26 Å². The van der Waals surface area contributed by atoms with Gasteiger partial charge in [-0.1, -0.05) is 15.9 Å². The number of aromatic amines is 1. The molecule has 1 heterocycles. The van der Waals surface area contributed by atoms with E-state index in [9.17, 15) is 0 Å².